The summed E-state index contributed by atoms with van der Waals surface area (Å²) in [6.45, 7) is 0.655. The van der Waals surface area contributed by atoms with Crippen LogP contribution in [0.25, 0.3) is 0 Å². The van der Waals surface area contributed by atoms with Crippen molar-refractivity contribution < 1.29 is 41.3 Å². The van der Waals surface area contributed by atoms with Crippen LogP contribution in [0.1, 0.15) is 19.8 Å². The number of methoxy groups -OCH3 is 1. The quantitative estimate of drug-likeness (QED) is 0.413. The fourth-order valence-electron chi connectivity index (χ4n) is 3.88. The molecule has 3 rings (SSSR count). The Kier molecular flexibility index (Phi) is 4.43. The van der Waals surface area contributed by atoms with E-state index in [2.05, 4.69) is 4.74 Å². The number of Topliss-reactive ketones (excluding diaryl/α,β-unsaturated/α-hetero) is 1. The average Bonchev–Trinajstić information content (AvgIpc) is 3.37. The lowest BCUT2D eigenvalue weighted by Crippen LogP contribution is -2.56. The van der Waals surface area contributed by atoms with Gasteiger partial charge in [0.15, 0.2) is 12.0 Å². The van der Waals surface area contributed by atoms with E-state index in [1.54, 1.807) is 6.92 Å². The van der Waals surface area contributed by atoms with Gasteiger partial charge in [-0.15, -0.1) is 0 Å². The first kappa shape index (κ1) is 18.0. The average molecular weight is 356 g/mol. The maximum Gasteiger partial charge on any atom is 0.411 e. The maximum absolute atomic E-state index is 13.9. The number of carbonyl (C=O) groups is 1. The highest BCUT2D eigenvalue weighted by molar-refractivity contribution is 5.89. The number of alkyl halides is 4. The second kappa shape index (κ2) is 5.89. The molecule has 6 atom stereocenters. The van der Waals surface area contributed by atoms with Gasteiger partial charge in [-0.25, -0.2) is 4.39 Å². The summed E-state index contributed by atoms with van der Waals surface area (Å²) >= 11 is 0. The minimum Gasteiger partial charge on any atom is -0.373 e. The highest BCUT2D eigenvalue weighted by atomic mass is 19.4. The Labute approximate surface area is 136 Å². The van der Waals surface area contributed by atoms with E-state index in [0.29, 0.717) is 6.61 Å². The van der Waals surface area contributed by atoms with Crippen molar-refractivity contribution in [2.75, 3.05) is 26.9 Å². The number of epoxide rings is 2. The van der Waals surface area contributed by atoms with Crippen LogP contribution in [0, 0.1) is 5.92 Å². The minimum absolute atomic E-state index is 0.0351. The summed E-state index contributed by atoms with van der Waals surface area (Å²) in [7, 11) is 1.33. The summed E-state index contributed by atoms with van der Waals surface area (Å²) < 4.78 is 71.0. The molecule has 0 aromatic rings. The summed E-state index contributed by atoms with van der Waals surface area (Å²) in [5, 5.41) is 0. The molecule has 2 heterocycles. The van der Waals surface area contributed by atoms with Gasteiger partial charge in [0, 0.05) is 20.1 Å². The predicted molar refractivity (Wildman–Crippen MR) is 72.3 cm³/mol. The van der Waals surface area contributed by atoms with Crippen molar-refractivity contribution in [3.63, 3.8) is 0 Å². The molecule has 3 aliphatic rings. The van der Waals surface area contributed by atoms with Crippen LogP contribution in [0.5, 0.6) is 0 Å². The van der Waals surface area contributed by atoms with E-state index in [-0.39, 0.29) is 25.6 Å². The van der Waals surface area contributed by atoms with Gasteiger partial charge in [-0.1, -0.05) is 0 Å². The van der Waals surface area contributed by atoms with Gasteiger partial charge in [0.25, 0.3) is 0 Å². The largest absolute Gasteiger partial charge is 0.411 e. The van der Waals surface area contributed by atoms with E-state index in [1.807, 2.05) is 0 Å². The van der Waals surface area contributed by atoms with Crippen molar-refractivity contribution in [3.8, 4) is 0 Å². The Balaban J connectivity index is 1.62. The number of hydrogen-bond donors (Lipinski definition) is 0. The van der Waals surface area contributed by atoms with Gasteiger partial charge in [0.1, 0.15) is 23.9 Å². The molecule has 0 N–H and O–H groups in total. The zero-order valence-corrected chi connectivity index (χ0v) is 13.4. The van der Waals surface area contributed by atoms with Crippen LogP contribution in [0.2, 0.25) is 0 Å². The Morgan fingerprint density at radius 3 is 2.58 bits per heavy atom. The van der Waals surface area contributed by atoms with Crippen LogP contribution in [0.3, 0.4) is 0 Å². The van der Waals surface area contributed by atoms with Crippen LogP contribution in [0.4, 0.5) is 17.6 Å². The van der Waals surface area contributed by atoms with E-state index >= 15 is 0 Å². The molecule has 24 heavy (non-hydrogen) atoms. The normalized spacial score (nSPS) is 44.8. The molecule has 3 fully saturated rings. The number of halogens is 4. The zero-order valence-electron chi connectivity index (χ0n) is 13.4. The topological polar surface area (TPSA) is 60.6 Å². The lowest BCUT2D eigenvalue weighted by atomic mass is 9.68. The summed E-state index contributed by atoms with van der Waals surface area (Å²) in [5.41, 5.74) is -1.58. The summed E-state index contributed by atoms with van der Waals surface area (Å²) in [6.07, 6.45) is -7.15. The van der Waals surface area contributed by atoms with Crippen molar-refractivity contribution in [3.05, 3.63) is 0 Å². The van der Waals surface area contributed by atoms with Gasteiger partial charge in [-0.2, -0.15) is 13.2 Å². The Hall–Kier alpha value is -0.770. The molecule has 1 aliphatic carbocycles. The molecular formula is C15H20F4O5. The SMILES string of the molecule is CO[C@@H]1C(=O)C(F)C[C@]2(CO2)[C@H]1C1(C)O[C@@H]1CCOCC(F)(F)F. The van der Waals surface area contributed by atoms with Gasteiger partial charge < -0.3 is 18.9 Å². The molecule has 0 aromatic carbocycles. The molecule has 0 radical (unpaired) electrons. The van der Waals surface area contributed by atoms with Crippen LogP contribution >= 0.6 is 0 Å². The molecule has 2 aliphatic heterocycles. The third kappa shape index (κ3) is 3.18. The van der Waals surface area contributed by atoms with Crippen molar-refractivity contribution in [2.45, 2.75) is 55.5 Å². The van der Waals surface area contributed by atoms with Crippen LogP contribution in [-0.2, 0) is 23.7 Å². The van der Waals surface area contributed by atoms with Crippen LogP contribution in [-0.4, -0.2) is 68.5 Å². The number of ketones is 1. The molecule has 0 amide bonds. The second-order valence-electron chi connectivity index (χ2n) is 6.81. The second-order valence-corrected chi connectivity index (χ2v) is 6.81. The number of carbonyl (C=O) groups excluding carboxylic acids is 1. The highest BCUT2D eigenvalue weighted by Gasteiger charge is 2.73. The van der Waals surface area contributed by atoms with Crippen LogP contribution in [0.15, 0.2) is 0 Å². The molecule has 5 nitrogen and oxygen atoms in total. The molecule has 2 saturated heterocycles. The van der Waals surface area contributed by atoms with Gasteiger partial charge in [-0.3, -0.25) is 4.79 Å². The van der Waals surface area contributed by atoms with Crippen molar-refractivity contribution in [1.29, 1.82) is 0 Å². The summed E-state index contributed by atoms with van der Waals surface area (Å²) in [4.78, 5) is 12.1. The molecule has 138 valence electrons. The third-order valence-electron chi connectivity index (χ3n) is 5.14. The molecule has 1 saturated carbocycles. The first-order valence-electron chi connectivity index (χ1n) is 7.80. The molecule has 0 aromatic heterocycles. The highest BCUT2D eigenvalue weighted by Crippen LogP contribution is 2.58. The Morgan fingerprint density at radius 1 is 1.38 bits per heavy atom. The molecule has 2 unspecified atom stereocenters. The van der Waals surface area contributed by atoms with Gasteiger partial charge in [-0.05, 0) is 13.3 Å². The smallest absolute Gasteiger partial charge is 0.373 e. The third-order valence-corrected chi connectivity index (χ3v) is 5.14. The number of rotatable bonds is 6. The summed E-state index contributed by atoms with van der Waals surface area (Å²) in [5.74, 6) is -1.12. The summed E-state index contributed by atoms with van der Waals surface area (Å²) in [6, 6.07) is 0. The molecular weight excluding hydrogens is 336 g/mol. The molecule has 9 heteroatoms. The lowest BCUT2D eigenvalue weighted by Gasteiger charge is -2.38. The van der Waals surface area contributed by atoms with Crippen molar-refractivity contribution in [2.24, 2.45) is 5.92 Å². The molecule has 0 bridgehead atoms. The van der Waals surface area contributed by atoms with E-state index in [4.69, 9.17) is 14.2 Å². The lowest BCUT2D eigenvalue weighted by molar-refractivity contribution is -0.174. The number of hydrogen-bond acceptors (Lipinski definition) is 5. The Morgan fingerprint density at radius 2 is 2.04 bits per heavy atom. The first-order chi connectivity index (χ1) is 11.1. The van der Waals surface area contributed by atoms with E-state index < -0.39 is 48.0 Å². The van der Waals surface area contributed by atoms with E-state index in [9.17, 15) is 22.4 Å². The fraction of sp³-hybridized carbons (Fsp3) is 0.933. The maximum atomic E-state index is 13.9. The minimum atomic E-state index is -4.37. The number of ether oxygens (including phenoxy) is 4. The fourth-order valence-corrected chi connectivity index (χ4v) is 3.88. The molecule has 1 spiro atoms. The monoisotopic (exact) mass is 356 g/mol. The van der Waals surface area contributed by atoms with Gasteiger partial charge in [0.05, 0.1) is 18.6 Å². The van der Waals surface area contributed by atoms with Crippen LogP contribution < -0.4 is 0 Å². The standard InChI is InChI=1S/C15H20F4O5/c1-13(9(24-13)3-4-22-7-15(17,18)19)12-11(21-2)10(20)8(16)5-14(12)6-23-14/h8-9,11-12H,3-7H2,1-2H3/t8?,9-,11-,12-,13?,14+/m1/s1. The van der Waals surface area contributed by atoms with E-state index in [1.165, 1.54) is 7.11 Å². The van der Waals surface area contributed by atoms with E-state index in [0.717, 1.165) is 0 Å². The zero-order chi connectivity index (χ0) is 17.8. The van der Waals surface area contributed by atoms with Gasteiger partial charge >= 0.3 is 6.18 Å². The van der Waals surface area contributed by atoms with Crippen molar-refractivity contribution in [1.82, 2.24) is 0 Å². The Bertz CT molecular complexity index is 507. The first-order valence-corrected chi connectivity index (χ1v) is 7.80. The van der Waals surface area contributed by atoms with Crippen molar-refractivity contribution >= 4 is 5.78 Å². The van der Waals surface area contributed by atoms with Gasteiger partial charge in [0.2, 0.25) is 0 Å². The predicted octanol–water partition coefficient (Wildman–Crippen LogP) is 1.82.